The molecule has 3 aliphatic rings. The van der Waals surface area contributed by atoms with Crippen molar-refractivity contribution >= 4 is 46.8 Å². The molecule has 3 aromatic carbocycles. The molecule has 6 rings (SSSR count). The summed E-state index contributed by atoms with van der Waals surface area (Å²) in [7, 11) is 0. The maximum Gasteiger partial charge on any atom is 0.410 e. The lowest BCUT2D eigenvalue weighted by atomic mass is 9.97. The summed E-state index contributed by atoms with van der Waals surface area (Å²) < 4.78 is 50.5. The highest BCUT2D eigenvalue weighted by Gasteiger charge is 2.50. The van der Waals surface area contributed by atoms with Gasteiger partial charge in [0.2, 0.25) is 0 Å². The van der Waals surface area contributed by atoms with E-state index in [0.29, 0.717) is 58.4 Å². The molecule has 0 spiro atoms. The molecule has 3 aromatic rings. The fourth-order valence-electron chi connectivity index (χ4n) is 6.77. The van der Waals surface area contributed by atoms with Crippen molar-refractivity contribution in [3.05, 3.63) is 114 Å². The third kappa shape index (κ3) is 10.1. The summed E-state index contributed by atoms with van der Waals surface area (Å²) in [6, 6.07) is 13.6. The summed E-state index contributed by atoms with van der Waals surface area (Å²) in [5.41, 5.74) is 2.01. The summed E-state index contributed by atoms with van der Waals surface area (Å²) in [5, 5.41) is 9.75. The first-order valence-electron chi connectivity index (χ1n) is 17.8. The van der Waals surface area contributed by atoms with Crippen molar-refractivity contribution in [1.82, 2.24) is 9.80 Å². The second-order valence-electron chi connectivity index (χ2n) is 13.2. The van der Waals surface area contributed by atoms with Crippen LogP contribution in [0, 0.1) is 21.7 Å². The van der Waals surface area contributed by atoms with E-state index in [1.54, 1.807) is 34.1 Å². The van der Waals surface area contributed by atoms with Crippen LogP contribution in [-0.4, -0.2) is 78.0 Å². The number of ether oxygens (including phenoxy) is 4. The maximum absolute atomic E-state index is 14.7. The average molecular weight is 825 g/mol. The molecule has 1 saturated carbocycles. The Balaban J connectivity index is 1.17. The zero-order chi connectivity index (χ0) is 39.1. The number of hydrogen-bond acceptors (Lipinski definition) is 9. The number of fused-ring (bicyclic) bond motifs is 2. The van der Waals surface area contributed by atoms with Gasteiger partial charge in [-0.1, -0.05) is 59.1 Å². The van der Waals surface area contributed by atoms with Crippen molar-refractivity contribution in [2.75, 3.05) is 33.0 Å². The molecule has 1 saturated heterocycles. The minimum Gasteiger partial charge on any atom is -0.489 e. The molecule has 2 aliphatic heterocycles. The Hall–Kier alpha value is -4.37. The van der Waals surface area contributed by atoms with Gasteiger partial charge in [-0.25, -0.2) is 13.6 Å². The molecule has 2 fully saturated rings. The van der Waals surface area contributed by atoms with Crippen LogP contribution in [0.25, 0.3) is 0 Å². The van der Waals surface area contributed by atoms with Gasteiger partial charge in [0.1, 0.15) is 35.6 Å². The van der Waals surface area contributed by atoms with Gasteiger partial charge in [-0.15, -0.1) is 10.1 Å². The van der Waals surface area contributed by atoms with Crippen LogP contribution in [0.2, 0.25) is 15.1 Å². The quantitative estimate of drug-likeness (QED) is 0.0538. The number of carbonyl (C=O) groups excluding carboxylic acids is 2. The van der Waals surface area contributed by atoms with Gasteiger partial charge in [0.15, 0.2) is 11.6 Å². The van der Waals surface area contributed by atoms with Gasteiger partial charge in [0.05, 0.1) is 41.5 Å². The first kappa shape index (κ1) is 40.3. The van der Waals surface area contributed by atoms with Crippen LogP contribution in [0.3, 0.4) is 0 Å². The summed E-state index contributed by atoms with van der Waals surface area (Å²) in [5.74, 6) is -1.13. The predicted octanol–water partition coefficient (Wildman–Crippen LogP) is 8.36. The van der Waals surface area contributed by atoms with Gasteiger partial charge >= 0.3 is 6.09 Å². The standard InChI is InChI=1S/C38H38Cl3F2N3O9/c39-28-5-1-4-24(34(28)40)22-44(25-8-9-25)37(47)33-31-15-10-26(45(31)38(48)53-19-17-51-18-20-54-46(49)50)21-32(33)55-27-11-6-23(7-12-27)3-2-16-52-36-30(43)14-13-29(42)35(36)41/h1,4-7,11-14,25-26,31H,2-3,8-10,15-22H2. The first-order chi connectivity index (χ1) is 26.5. The lowest BCUT2D eigenvalue weighted by Gasteiger charge is -2.38. The zero-order valence-corrected chi connectivity index (χ0v) is 31.8. The Kier molecular flexibility index (Phi) is 13.6. The highest BCUT2D eigenvalue weighted by molar-refractivity contribution is 6.42. The molecule has 2 atom stereocenters. The van der Waals surface area contributed by atoms with Crippen molar-refractivity contribution < 1.29 is 47.2 Å². The number of benzene rings is 3. The maximum atomic E-state index is 14.7. The summed E-state index contributed by atoms with van der Waals surface area (Å²) >= 11 is 18.7. The molecule has 0 N–H and O–H groups in total. The molecule has 1 aliphatic carbocycles. The van der Waals surface area contributed by atoms with E-state index in [4.69, 9.17) is 53.8 Å². The number of aryl methyl sites for hydroxylation is 1. The van der Waals surface area contributed by atoms with Crippen LogP contribution in [-0.2, 0) is 32.1 Å². The third-order valence-electron chi connectivity index (χ3n) is 9.52. The molecule has 0 radical (unpaired) electrons. The molecule has 2 heterocycles. The van der Waals surface area contributed by atoms with E-state index in [1.807, 2.05) is 18.2 Å². The van der Waals surface area contributed by atoms with Crippen LogP contribution in [0.5, 0.6) is 11.5 Å². The van der Waals surface area contributed by atoms with Crippen LogP contribution in [0.15, 0.2) is 65.9 Å². The van der Waals surface area contributed by atoms with Gasteiger partial charge in [-0.2, -0.15) is 0 Å². The number of nitrogens with zero attached hydrogens (tertiary/aromatic N) is 3. The largest absolute Gasteiger partial charge is 0.489 e. The topological polar surface area (TPSA) is 130 Å². The average Bonchev–Trinajstić information content (AvgIpc) is 3.96. The van der Waals surface area contributed by atoms with E-state index in [-0.39, 0.29) is 69.7 Å². The Bertz CT molecular complexity index is 1920. The second kappa shape index (κ2) is 18.5. The van der Waals surface area contributed by atoms with Gasteiger partial charge in [0.25, 0.3) is 11.0 Å². The number of carbonyl (C=O) groups is 2. The van der Waals surface area contributed by atoms with E-state index in [2.05, 4.69) is 4.84 Å². The number of halogens is 5. The van der Waals surface area contributed by atoms with E-state index < -0.39 is 33.9 Å². The Morgan fingerprint density at radius 3 is 2.38 bits per heavy atom. The van der Waals surface area contributed by atoms with Crippen molar-refractivity contribution in [2.24, 2.45) is 0 Å². The SMILES string of the molecule is O=C(C1=C(Oc2ccc(CCCOc3c(F)ccc(F)c3Cl)cc2)CC2CCC1N2C(=O)OCCOCCO[N+](=O)[O-])N(Cc1cccc(Cl)c1Cl)C1CC1. The molecular formula is C38H38Cl3F2N3O9. The Labute approximate surface area is 330 Å². The Morgan fingerprint density at radius 2 is 1.64 bits per heavy atom. The molecule has 55 heavy (non-hydrogen) atoms. The lowest BCUT2D eigenvalue weighted by molar-refractivity contribution is -0.758. The van der Waals surface area contributed by atoms with Crippen molar-refractivity contribution in [1.29, 1.82) is 0 Å². The molecule has 2 bridgehead atoms. The highest BCUT2D eigenvalue weighted by atomic mass is 35.5. The molecule has 2 amide bonds. The smallest absolute Gasteiger partial charge is 0.410 e. The lowest BCUT2D eigenvalue weighted by Crippen LogP contribution is -2.50. The fraction of sp³-hybridized carbons (Fsp3) is 0.421. The number of hydrogen-bond donors (Lipinski definition) is 0. The summed E-state index contributed by atoms with van der Waals surface area (Å²) in [6.07, 6.45) is 3.51. The van der Waals surface area contributed by atoms with Gasteiger partial charge in [0, 0.05) is 25.0 Å². The summed E-state index contributed by atoms with van der Waals surface area (Å²) in [6.45, 7) is -0.0617. The monoisotopic (exact) mass is 823 g/mol. The van der Waals surface area contributed by atoms with Gasteiger partial charge in [-0.3, -0.25) is 9.69 Å². The van der Waals surface area contributed by atoms with Crippen LogP contribution < -0.4 is 9.47 Å². The molecular weight excluding hydrogens is 787 g/mol. The van der Waals surface area contributed by atoms with Gasteiger partial charge in [-0.05, 0) is 80.0 Å². The second-order valence-corrected chi connectivity index (χ2v) is 14.4. The van der Waals surface area contributed by atoms with Crippen molar-refractivity contribution in [3.63, 3.8) is 0 Å². The van der Waals surface area contributed by atoms with E-state index >= 15 is 0 Å². The molecule has 17 heteroatoms. The van der Waals surface area contributed by atoms with Crippen LogP contribution in [0.4, 0.5) is 13.6 Å². The van der Waals surface area contributed by atoms with E-state index in [9.17, 15) is 28.5 Å². The highest BCUT2D eigenvalue weighted by Crippen LogP contribution is 2.43. The fourth-order valence-corrected chi connectivity index (χ4v) is 7.35. The number of rotatable bonds is 18. The Morgan fingerprint density at radius 1 is 0.891 bits per heavy atom. The van der Waals surface area contributed by atoms with E-state index in [0.717, 1.165) is 30.5 Å². The summed E-state index contributed by atoms with van der Waals surface area (Å²) in [4.78, 5) is 46.1. The molecule has 294 valence electrons. The normalized spacial score (nSPS) is 17.6. The third-order valence-corrected chi connectivity index (χ3v) is 10.7. The minimum atomic E-state index is -0.915. The predicted molar refractivity (Wildman–Crippen MR) is 198 cm³/mol. The van der Waals surface area contributed by atoms with Gasteiger partial charge < -0.3 is 28.7 Å². The van der Waals surface area contributed by atoms with Crippen LogP contribution >= 0.6 is 34.8 Å². The molecule has 2 unspecified atom stereocenters. The van der Waals surface area contributed by atoms with E-state index in [1.165, 1.54) is 0 Å². The molecule has 12 nitrogen and oxygen atoms in total. The van der Waals surface area contributed by atoms with Crippen LogP contribution in [0.1, 0.15) is 49.7 Å². The minimum absolute atomic E-state index is 0.00472. The number of amides is 2. The first-order valence-corrected chi connectivity index (χ1v) is 18.9. The molecule has 0 aromatic heterocycles. The van der Waals surface area contributed by atoms with Crippen molar-refractivity contribution in [3.8, 4) is 11.5 Å². The van der Waals surface area contributed by atoms with Crippen molar-refractivity contribution in [2.45, 2.75) is 69.6 Å². The zero-order valence-electron chi connectivity index (χ0n) is 29.5.